The quantitative estimate of drug-likeness (QED) is 0.726. The molecule has 0 fully saturated rings. The summed E-state index contributed by atoms with van der Waals surface area (Å²) in [5.41, 5.74) is 0.681. The molecular weight excluding hydrogens is 244 g/mol. The molecule has 0 aromatic heterocycles. The second kappa shape index (κ2) is 7.60. The Labute approximate surface area is 104 Å². The van der Waals surface area contributed by atoms with Gasteiger partial charge in [0.2, 0.25) is 5.91 Å². The molecule has 0 aliphatic heterocycles. The van der Waals surface area contributed by atoms with E-state index in [-0.39, 0.29) is 31.2 Å². The van der Waals surface area contributed by atoms with E-state index in [0.717, 1.165) is 0 Å². The number of carbonyl (C=O) groups is 1. The normalized spacial score (nSPS) is 10.6. The van der Waals surface area contributed by atoms with Gasteiger partial charge in [-0.3, -0.25) is 4.79 Å². The number of phenols is 1. The summed E-state index contributed by atoms with van der Waals surface area (Å²) in [5.74, 6) is -0.151. The monoisotopic (exact) mass is 259 g/mol. The third-order valence-corrected chi connectivity index (χ3v) is 2.09. The van der Waals surface area contributed by atoms with E-state index in [1.165, 1.54) is 12.1 Å². The number of nitrogens with one attached hydrogen (secondary N) is 1. The van der Waals surface area contributed by atoms with Crippen LogP contribution in [0.2, 0.25) is 0 Å². The molecule has 0 unspecified atom stereocenters. The number of hydrogen-bond acceptors (Lipinski definition) is 3. The number of alkyl halides is 2. The van der Waals surface area contributed by atoms with Crippen molar-refractivity contribution in [2.45, 2.75) is 12.8 Å². The van der Waals surface area contributed by atoms with Gasteiger partial charge in [0, 0.05) is 6.54 Å². The summed E-state index contributed by atoms with van der Waals surface area (Å²) in [5, 5.41) is 11.7. The van der Waals surface area contributed by atoms with Crippen LogP contribution in [-0.2, 0) is 16.0 Å². The van der Waals surface area contributed by atoms with E-state index >= 15 is 0 Å². The van der Waals surface area contributed by atoms with Gasteiger partial charge >= 0.3 is 0 Å². The van der Waals surface area contributed by atoms with Gasteiger partial charge in [-0.2, -0.15) is 0 Å². The van der Waals surface area contributed by atoms with Gasteiger partial charge in [-0.1, -0.05) is 12.1 Å². The zero-order chi connectivity index (χ0) is 13.4. The van der Waals surface area contributed by atoms with E-state index < -0.39 is 13.0 Å². The fraction of sp³-hybridized carbons (Fsp3) is 0.417. The predicted molar refractivity (Wildman–Crippen MR) is 61.6 cm³/mol. The Morgan fingerprint density at radius 1 is 1.44 bits per heavy atom. The molecule has 1 amide bonds. The molecule has 1 aromatic carbocycles. The first-order valence-electron chi connectivity index (χ1n) is 5.48. The Kier molecular flexibility index (Phi) is 6.07. The van der Waals surface area contributed by atoms with E-state index in [2.05, 4.69) is 10.1 Å². The van der Waals surface area contributed by atoms with E-state index in [1.54, 1.807) is 12.1 Å². The van der Waals surface area contributed by atoms with Crippen LogP contribution in [-0.4, -0.2) is 37.2 Å². The van der Waals surface area contributed by atoms with E-state index in [0.29, 0.717) is 5.56 Å². The van der Waals surface area contributed by atoms with Gasteiger partial charge in [-0.25, -0.2) is 8.78 Å². The van der Waals surface area contributed by atoms with Crippen LogP contribution in [0.3, 0.4) is 0 Å². The van der Waals surface area contributed by atoms with Crippen LogP contribution in [0.5, 0.6) is 5.75 Å². The van der Waals surface area contributed by atoms with Crippen molar-refractivity contribution in [2.75, 3.05) is 19.8 Å². The van der Waals surface area contributed by atoms with Crippen LogP contribution in [0.15, 0.2) is 24.3 Å². The molecule has 2 N–H and O–H groups in total. The Morgan fingerprint density at radius 3 is 2.89 bits per heavy atom. The highest BCUT2D eigenvalue weighted by molar-refractivity contribution is 5.78. The molecule has 0 radical (unpaired) electrons. The number of aromatic hydroxyl groups is 1. The van der Waals surface area contributed by atoms with Crippen LogP contribution in [0.25, 0.3) is 0 Å². The molecule has 0 spiro atoms. The Balaban J connectivity index is 2.18. The summed E-state index contributed by atoms with van der Waals surface area (Å²) in [6.45, 7) is -0.386. The van der Waals surface area contributed by atoms with Gasteiger partial charge in [0.15, 0.2) is 0 Å². The van der Waals surface area contributed by atoms with Gasteiger partial charge in [0.05, 0.1) is 13.0 Å². The molecule has 0 saturated heterocycles. The third-order valence-electron chi connectivity index (χ3n) is 2.09. The minimum Gasteiger partial charge on any atom is -0.508 e. The van der Waals surface area contributed by atoms with Crippen molar-refractivity contribution < 1.29 is 23.4 Å². The molecule has 0 atom stereocenters. The highest BCUT2D eigenvalue weighted by Crippen LogP contribution is 2.10. The highest BCUT2D eigenvalue weighted by Gasteiger charge is 2.04. The zero-order valence-electron chi connectivity index (χ0n) is 9.73. The lowest BCUT2D eigenvalue weighted by molar-refractivity contribution is -0.120. The van der Waals surface area contributed by atoms with Gasteiger partial charge < -0.3 is 15.2 Å². The van der Waals surface area contributed by atoms with Crippen LogP contribution in [0.4, 0.5) is 8.78 Å². The average Bonchev–Trinajstić information content (AvgIpc) is 2.28. The smallest absolute Gasteiger partial charge is 0.261 e. The maximum atomic E-state index is 11.7. The minimum atomic E-state index is -2.49. The average molecular weight is 259 g/mol. The van der Waals surface area contributed by atoms with Crippen molar-refractivity contribution in [2.24, 2.45) is 0 Å². The number of rotatable bonds is 7. The molecule has 0 heterocycles. The first kappa shape index (κ1) is 14.4. The van der Waals surface area contributed by atoms with Crippen LogP contribution >= 0.6 is 0 Å². The second-order valence-electron chi connectivity index (χ2n) is 3.66. The standard InChI is InChI=1S/C12H15F2NO3/c13-11(14)8-18-5-4-15-12(17)7-9-2-1-3-10(16)6-9/h1-3,6,11,16H,4-5,7-8H2,(H,15,17). The maximum absolute atomic E-state index is 11.7. The molecule has 18 heavy (non-hydrogen) atoms. The number of benzene rings is 1. The van der Waals surface area contributed by atoms with Gasteiger partial charge in [0.1, 0.15) is 12.4 Å². The van der Waals surface area contributed by atoms with Crippen LogP contribution in [0, 0.1) is 0 Å². The van der Waals surface area contributed by atoms with E-state index in [4.69, 9.17) is 0 Å². The maximum Gasteiger partial charge on any atom is 0.261 e. The van der Waals surface area contributed by atoms with Crippen LogP contribution in [0.1, 0.15) is 5.56 Å². The first-order valence-corrected chi connectivity index (χ1v) is 5.48. The Hall–Kier alpha value is -1.69. The first-order chi connectivity index (χ1) is 8.58. The lowest BCUT2D eigenvalue weighted by Gasteiger charge is -2.06. The molecule has 0 saturated carbocycles. The number of phenolic OH excluding ortho intramolecular Hbond substituents is 1. The number of halogens is 2. The van der Waals surface area contributed by atoms with Crippen LogP contribution < -0.4 is 5.32 Å². The summed E-state index contributed by atoms with van der Waals surface area (Å²) in [4.78, 5) is 11.4. The summed E-state index contributed by atoms with van der Waals surface area (Å²) >= 11 is 0. The molecule has 6 heteroatoms. The highest BCUT2D eigenvalue weighted by atomic mass is 19.3. The van der Waals surface area contributed by atoms with Crippen molar-refractivity contribution in [3.63, 3.8) is 0 Å². The molecule has 0 aliphatic rings. The van der Waals surface area contributed by atoms with E-state index in [1.807, 2.05) is 0 Å². The number of carbonyl (C=O) groups excluding carboxylic acids is 1. The Morgan fingerprint density at radius 2 is 2.22 bits per heavy atom. The summed E-state index contributed by atoms with van der Waals surface area (Å²) in [6, 6.07) is 6.36. The van der Waals surface area contributed by atoms with Gasteiger partial charge in [-0.15, -0.1) is 0 Å². The summed E-state index contributed by atoms with van der Waals surface area (Å²) in [6.07, 6.45) is -2.36. The SMILES string of the molecule is O=C(Cc1cccc(O)c1)NCCOCC(F)F. The Bertz CT molecular complexity index is 385. The predicted octanol–water partition coefficient (Wildman–Crippen LogP) is 1.33. The lowest BCUT2D eigenvalue weighted by Crippen LogP contribution is -2.29. The van der Waals surface area contributed by atoms with Crippen molar-refractivity contribution in [1.29, 1.82) is 0 Å². The third kappa shape index (κ3) is 6.15. The van der Waals surface area contributed by atoms with Crippen molar-refractivity contribution >= 4 is 5.91 Å². The summed E-state index contributed by atoms with van der Waals surface area (Å²) in [7, 11) is 0. The fourth-order valence-electron chi connectivity index (χ4n) is 1.35. The topological polar surface area (TPSA) is 58.6 Å². The van der Waals surface area contributed by atoms with E-state index in [9.17, 15) is 18.7 Å². The zero-order valence-corrected chi connectivity index (χ0v) is 9.73. The minimum absolute atomic E-state index is 0.0517. The molecule has 1 aromatic rings. The van der Waals surface area contributed by atoms with Gasteiger partial charge in [-0.05, 0) is 17.7 Å². The number of ether oxygens (including phenoxy) is 1. The largest absolute Gasteiger partial charge is 0.508 e. The number of amides is 1. The number of hydrogen-bond donors (Lipinski definition) is 2. The molecule has 4 nitrogen and oxygen atoms in total. The van der Waals surface area contributed by atoms with Crippen molar-refractivity contribution in [3.8, 4) is 5.75 Å². The molecular formula is C12H15F2NO3. The second-order valence-corrected chi connectivity index (χ2v) is 3.66. The summed E-state index contributed by atoms with van der Waals surface area (Å²) < 4.78 is 28.0. The molecule has 0 aliphatic carbocycles. The van der Waals surface area contributed by atoms with Crippen molar-refractivity contribution in [3.05, 3.63) is 29.8 Å². The fourth-order valence-corrected chi connectivity index (χ4v) is 1.35. The molecule has 100 valence electrons. The molecule has 0 bridgehead atoms. The van der Waals surface area contributed by atoms with Gasteiger partial charge in [0.25, 0.3) is 6.43 Å². The van der Waals surface area contributed by atoms with Crippen molar-refractivity contribution in [1.82, 2.24) is 5.32 Å². The molecule has 1 rings (SSSR count). The lowest BCUT2D eigenvalue weighted by atomic mass is 10.1.